The molecule has 5 nitrogen and oxygen atoms in total. The molecule has 0 radical (unpaired) electrons. The Morgan fingerprint density at radius 3 is 2.42 bits per heavy atom. The molecule has 5 rings (SSSR count). The number of benzene rings is 2. The second kappa shape index (κ2) is 7.20. The van der Waals surface area contributed by atoms with E-state index in [0.717, 1.165) is 37.7 Å². The summed E-state index contributed by atoms with van der Waals surface area (Å²) in [7, 11) is 0. The highest BCUT2D eigenvalue weighted by Gasteiger charge is 2.88. The maximum Gasteiger partial charge on any atom is 0.328 e. The van der Waals surface area contributed by atoms with Gasteiger partial charge in [-0.1, -0.05) is 49.1 Å². The summed E-state index contributed by atoms with van der Waals surface area (Å²) in [6.45, 7) is 1.72. The van der Waals surface area contributed by atoms with Crippen molar-refractivity contribution in [2.75, 3.05) is 0 Å². The lowest BCUT2D eigenvalue weighted by Gasteiger charge is -2.28. The number of amides is 1. The number of carbonyl (C=O) groups is 3. The minimum absolute atomic E-state index is 0.0247. The zero-order valence-electron chi connectivity index (χ0n) is 17.3. The minimum Gasteiger partial charge on any atom is -0.425 e. The smallest absolute Gasteiger partial charge is 0.328 e. The number of nitrogens with one attached hydrogen (secondary N) is 1. The van der Waals surface area contributed by atoms with Gasteiger partial charge in [-0.15, -0.1) is 0 Å². The predicted octanol–water partition coefficient (Wildman–Crippen LogP) is 4.68. The number of para-hydroxylation sites is 1. The van der Waals surface area contributed by atoms with Gasteiger partial charge >= 0.3 is 5.97 Å². The number of ketones is 1. The summed E-state index contributed by atoms with van der Waals surface area (Å²) in [4.78, 5) is 40.8. The first-order valence-corrected chi connectivity index (χ1v) is 11.2. The first kappa shape index (κ1) is 20.3. The third-order valence-corrected chi connectivity index (χ3v) is 7.63. The van der Waals surface area contributed by atoms with Crippen molar-refractivity contribution < 1.29 is 19.1 Å². The van der Waals surface area contributed by atoms with Gasteiger partial charge in [-0.25, -0.2) is 0 Å². The van der Waals surface area contributed by atoms with Gasteiger partial charge in [0.25, 0.3) is 0 Å². The third kappa shape index (κ3) is 2.79. The lowest BCUT2D eigenvalue weighted by molar-refractivity contribution is -0.149. The summed E-state index contributed by atoms with van der Waals surface area (Å²) in [5.41, 5.74) is -1.64. The molecule has 160 valence electrons. The SMILES string of the molecule is CC1(C(=O)c2ccc(Cl)cc2)C2c3ccccc3OC(=O)C21C(=O)NC1CCCCC1. The summed E-state index contributed by atoms with van der Waals surface area (Å²) in [6, 6.07) is 13.8. The van der Waals surface area contributed by atoms with E-state index in [1.807, 2.05) is 12.1 Å². The summed E-state index contributed by atoms with van der Waals surface area (Å²) < 4.78 is 5.63. The van der Waals surface area contributed by atoms with Gasteiger partial charge in [0.05, 0.1) is 5.41 Å². The molecule has 2 fully saturated rings. The Morgan fingerprint density at radius 1 is 1.03 bits per heavy atom. The van der Waals surface area contributed by atoms with Crippen LogP contribution in [0.1, 0.15) is 60.9 Å². The number of rotatable bonds is 4. The molecule has 3 aliphatic rings. The fourth-order valence-electron chi connectivity index (χ4n) is 5.70. The van der Waals surface area contributed by atoms with E-state index >= 15 is 0 Å². The van der Waals surface area contributed by atoms with Crippen molar-refractivity contribution >= 4 is 29.3 Å². The Kier molecular flexibility index (Phi) is 4.70. The van der Waals surface area contributed by atoms with Crippen molar-refractivity contribution in [1.29, 1.82) is 0 Å². The van der Waals surface area contributed by atoms with Crippen LogP contribution in [0.25, 0.3) is 0 Å². The Labute approximate surface area is 186 Å². The van der Waals surface area contributed by atoms with Crippen molar-refractivity contribution in [3.8, 4) is 5.75 Å². The van der Waals surface area contributed by atoms with Crippen LogP contribution in [0.5, 0.6) is 5.75 Å². The van der Waals surface area contributed by atoms with E-state index in [-0.39, 0.29) is 11.8 Å². The number of fused-ring (bicyclic) bond motifs is 3. The summed E-state index contributed by atoms with van der Waals surface area (Å²) in [5, 5.41) is 3.61. The number of Topliss-reactive ketones (excluding diaryl/α,β-unsaturated/α-hetero) is 1. The molecule has 1 aliphatic heterocycles. The largest absolute Gasteiger partial charge is 0.425 e. The zero-order valence-corrected chi connectivity index (χ0v) is 18.1. The minimum atomic E-state index is -1.56. The van der Waals surface area contributed by atoms with Crippen LogP contribution in [0.2, 0.25) is 5.02 Å². The predicted molar refractivity (Wildman–Crippen MR) is 116 cm³/mol. The second-order valence-electron chi connectivity index (χ2n) is 9.02. The van der Waals surface area contributed by atoms with E-state index in [9.17, 15) is 14.4 Å². The van der Waals surface area contributed by atoms with Gasteiger partial charge in [0.15, 0.2) is 11.2 Å². The zero-order chi connectivity index (χ0) is 21.8. The normalized spacial score (nSPS) is 29.4. The molecule has 3 atom stereocenters. The maximum atomic E-state index is 13.7. The molecule has 0 bridgehead atoms. The Hall–Kier alpha value is -2.66. The average Bonchev–Trinajstić information content (AvgIpc) is 3.38. The van der Waals surface area contributed by atoms with Gasteiger partial charge in [0.1, 0.15) is 5.75 Å². The first-order chi connectivity index (χ1) is 14.9. The topological polar surface area (TPSA) is 72.5 Å². The molecule has 2 aromatic rings. The molecule has 6 heteroatoms. The summed E-state index contributed by atoms with van der Waals surface area (Å²) >= 11 is 5.99. The first-order valence-electron chi connectivity index (χ1n) is 10.8. The van der Waals surface area contributed by atoms with Crippen LogP contribution in [-0.2, 0) is 9.59 Å². The number of esters is 1. The van der Waals surface area contributed by atoms with Gasteiger partial charge in [-0.2, -0.15) is 0 Å². The molecule has 3 unspecified atom stereocenters. The fraction of sp³-hybridized carbons (Fsp3) is 0.400. The quantitative estimate of drug-likeness (QED) is 0.326. The number of ether oxygens (including phenoxy) is 1. The van der Waals surface area contributed by atoms with Crippen LogP contribution >= 0.6 is 11.6 Å². The number of hydrogen-bond acceptors (Lipinski definition) is 4. The lowest BCUT2D eigenvalue weighted by atomic mass is 9.85. The van der Waals surface area contributed by atoms with Gasteiger partial charge in [-0.05, 0) is 50.1 Å². The highest BCUT2D eigenvalue weighted by Crippen LogP contribution is 2.78. The fourth-order valence-corrected chi connectivity index (χ4v) is 5.83. The van der Waals surface area contributed by atoms with Crippen molar-refractivity contribution in [1.82, 2.24) is 5.32 Å². The molecular formula is C25H24ClNO4. The summed E-state index contributed by atoms with van der Waals surface area (Å²) in [5.74, 6) is -1.43. The van der Waals surface area contributed by atoms with Crippen molar-refractivity contribution in [3.05, 3.63) is 64.7 Å². The van der Waals surface area contributed by atoms with Crippen LogP contribution in [0.3, 0.4) is 0 Å². The number of carbonyl (C=O) groups excluding carboxylic acids is 3. The van der Waals surface area contributed by atoms with Gasteiger partial charge in [0.2, 0.25) is 5.91 Å². The Bertz CT molecular complexity index is 1080. The van der Waals surface area contributed by atoms with E-state index in [0.29, 0.717) is 16.3 Å². The molecule has 2 saturated carbocycles. The second-order valence-corrected chi connectivity index (χ2v) is 9.45. The monoisotopic (exact) mass is 437 g/mol. The number of halogens is 1. The number of hydrogen-bond donors (Lipinski definition) is 1. The maximum absolute atomic E-state index is 13.7. The standard InChI is InChI=1S/C25H24ClNO4/c1-24(21(28)15-11-13-16(26)14-12-15)20-18-9-5-6-10-19(18)31-23(30)25(20,24)22(29)27-17-7-3-2-4-8-17/h5-6,9-14,17,20H,2-4,7-8H2,1H3,(H,27,29). The summed E-state index contributed by atoms with van der Waals surface area (Å²) in [6.07, 6.45) is 5.04. The van der Waals surface area contributed by atoms with Crippen LogP contribution in [-0.4, -0.2) is 23.7 Å². The highest BCUT2D eigenvalue weighted by molar-refractivity contribution is 6.30. The average molecular weight is 438 g/mol. The molecule has 1 amide bonds. The van der Waals surface area contributed by atoms with Crippen LogP contribution < -0.4 is 10.1 Å². The molecule has 0 spiro atoms. The van der Waals surface area contributed by atoms with Crippen LogP contribution in [0.4, 0.5) is 0 Å². The van der Waals surface area contributed by atoms with Crippen molar-refractivity contribution in [3.63, 3.8) is 0 Å². The Balaban J connectivity index is 1.59. The van der Waals surface area contributed by atoms with Crippen molar-refractivity contribution in [2.24, 2.45) is 10.8 Å². The van der Waals surface area contributed by atoms with Crippen molar-refractivity contribution in [2.45, 2.75) is 51.0 Å². The third-order valence-electron chi connectivity index (χ3n) is 7.38. The van der Waals surface area contributed by atoms with Gasteiger partial charge < -0.3 is 10.1 Å². The molecule has 1 N–H and O–H groups in total. The van der Waals surface area contributed by atoms with Gasteiger partial charge in [0, 0.05) is 28.1 Å². The van der Waals surface area contributed by atoms with E-state index < -0.39 is 28.6 Å². The van der Waals surface area contributed by atoms with E-state index in [1.54, 1.807) is 43.3 Å². The van der Waals surface area contributed by atoms with Gasteiger partial charge in [-0.3, -0.25) is 14.4 Å². The lowest BCUT2D eigenvalue weighted by Crippen LogP contribution is -2.49. The molecular weight excluding hydrogens is 414 g/mol. The van der Waals surface area contributed by atoms with E-state index in [1.165, 1.54) is 0 Å². The molecule has 0 aromatic heterocycles. The molecule has 1 heterocycles. The van der Waals surface area contributed by atoms with E-state index in [2.05, 4.69) is 5.32 Å². The molecule has 31 heavy (non-hydrogen) atoms. The molecule has 2 aliphatic carbocycles. The molecule has 2 aromatic carbocycles. The molecule has 0 saturated heterocycles. The Morgan fingerprint density at radius 2 is 1.71 bits per heavy atom. The van der Waals surface area contributed by atoms with E-state index in [4.69, 9.17) is 16.3 Å². The van der Waals surface area contributed by atoms with Crippen LogP contribution in [0, 0.1) is 10.8 Å². The van der Waals surface area contributed by atoms with Crippen LogP contribution in [0.15, 0.2) is 48.5 Å². The highest BCUT2D eigenvalue weighted by atomic mass is 35.5.